The van der Waals surface area contributed by atoms with Crippen LogP contribution in [0.15, 0.2) is 197 Å². The Morgan fingerprint density at radius 2 is 0.672 bits per heavy atom. The summed E-state index contributed by atoms with van der Waals surface area (Å²) >= 11 is 0. The highest BCUT2D eigenvalue weighted by atomic mass is 16.3. The van der Waals surface area contributed by atoms with E-state index in [1.165, 1.54) is 32.3 Å². The first-order chi connectivity index (χ1) is 30.2. The number of nitrogens with zero attached hydrogens (tertiary/aromatic N) is 3. The van der Waals surface area contributed by atoms with Crippen molar-refractivity contribution in [2.75, 3.05) is 4.90 Å². The van der Waals surface area contributed by atoms with E-state index in [0.717, 1.165) is 72.0 Å². The molecule has 5 nitrogen and oxygen atoms in total. The van der Waals surface area contributed by atoms with Crippen LogP contribution in [0.3, 0.4) is 0 Å². The molecule has 0 saturated carbocycles. The normalized spacial score (nSPS) is 11.6. The van der Waals surface area contributed by atoms with Gasteiger partial charge < -0.3 is 13.7 Å². The average Bonchev–Trinajstić information content (AvgIpc) is 3.91. The quantitative estimate of drug-likeness (QED) is 0.163. The molecule has 0 atom stereocenters. The Balaban J connectivity index is 1.02. The SMILES string of the molecule is N#Cc1cccc2c1oc1c(-c3ccc(N(c4ccc(-c5cccc6c5oc5c(C#N)cccc56)cc4)c4ccc5c6ccccc6c6ccccc6c5c4)cc3)cccc12. The minimum Gasteiger partial charge on any atom is -0.454 e. The lowest BCUT2D eigenvalue weighted by Crippen LogP contribution is -2.10. The molecule has 10 aromatic carbocycles. The Morgan fingerprint density at radius 1 is 0.311 bits per heavy atom. The standard InChI is InChI=1S/C56H31N3O2/c57-32-36-9-5-17-48-50-19-7-15-41(55(50)60-53(36)48)34-21-25-38(26-22-34)59(40-29-30-47-45-13-2-1-11-43(45)44-12-3-4-14-46(44)52(47)31-40)39-27-23-35(24-28-39)42-16-8-20-51-49-18-6-10-37(33-58)54(49)61-56(42)51/h1-31H. The van der Waals surface area contributed by atoms with Gasteiger partial charge in [0.15, 0.2) is 11.2 Å². The number of nitriles is 2. The zero-order valence-corrected chi connectivity index (χ0v) is 32.6. The second-order valence-corrected chi connectivity index (χ2v) is 15.4. The molecule has 12 aromatic rings. The fraction of sp³-hybridized carbons (Fsp3) is 0. The number of para-hydroxylation sites is 4. The van der Waals surface area contributed by atoms with E-state index >= 15 is 0 Å². The fourth-order valence-corrected chi connectivity index (χ4v) is 9.33. The molecule has 0 amide bonds. The van der Waals surface area contributed by atoms with E-state index in [0.29, 0.717) is 22.3 Å². The molecule has 2 heterocycles. The third-order valence-electron chi connectivity index (χ3n) is 12.1. The number of benzene rings is 10. The third kappa shape index (κ3) is 5.25. The number of rotatable bonds is 5. The van der Waals surface area contributed by atoms with Crippen molar-refractivity contribution in [3.63, 3.8) is 0 Å². The van der Waals surface area contributed by atoms with E-state index in [9.17, 15) is 10.5 Å². The topological polar surface area (TPSA) is 77.1 Å². The van der Waals surface area contributed by atoms with Gasteiger partial charge in [0.05, 0.1) is 11.1 Å². The summed E-state index contributed by atoms with van der Waals surface area (Å²) in [5.74, 6) is 0. The van der Waals surface area contributed by atoms with Crippen LogP contribution in [0.2, 0.25) is 0 Å². The van der Waals surface area contributed by atoms with Crippen molar-refractivity contribution in [1.29, 1.82) is 10.5 Å². The smallest absolute Gasteiger partial charge is 0.153 e. The van der Waals surface area contributed by atoms with E-state index in [1.54, 1.807) is 12.1 Å². The Labute approximate surface area is 349 Å². The first kappa shape index (κ1) is 34.4. The molecular formula is C56H31N3O2. The average molecular weight is 778 g/mol. The maximum Gasteiger partial charge on any atom is 0.153 e. The van der Waals surface area contributed by atoms with Crippen LogP contribution in [-0.2, 0) is 0 Å². The van der Waals surface area contributed by atoms with Gasteiger partial charge in [0.25, 0.3) is 0 Å². The van der Waals surface area contributed by atoms with Gasteiger partial charge in [-0.1, -0.05) is 140 Å². The van der Waals surface area contributed by atoms with Crippen molar-refractivity contribution in [3.05, 3.63) is 199 Å². The van der Waals surface area contributed by atoms with Crippen LogP contribution in [-0.4, -0.2) is 0 Å². The molecule has 0 unspecified atom stereocenters. The highest BCUT2D eigenvalue weighted by Gasteiger charge is 2.20. The van der Waals surface area contributed by atoms with Gasteiger partial charge in [0, 0.05) is 49.7 Å². The molecule has 2 aromatic heterocycles. The molecule has 0 aliphatic heterocycles. The van der Waals surface area contributed by atoms with Crippen molar-refractivity contribution in [2.24, 2.45) is 0 Å². The van der Waals surface area contributed by atoms with E-state index in [1.807, 2.05) is 36.4 Å². The number of furan rings is 2. The van der Waals surface area contributed by atoms with Gasteiger partial charge >= 0.3 is 0 Å². The zero-order chi connectivity index (χ0) is 40.6. The molecule has 0 aliphatic carbocycles. The largest absolute Gasteiger partial charge is 0.454 e. The van der Waals surface area contributed by atoms with E-state index < -0.39 is 0 Å². The predicted molar refractivity (Wildman–Crippen MR) is 249 cm³/mol. The van der Waals surface area contributed by atoms with Crippen molar-refractivity contribution in [1.82, 2.24) is 0 Å². The molecule has 0 bridgehead atoms. The van der Waals surface area contributed by atoms with Crippen molar-refractivity contribution in [3.8, 4) is 34.4 Å². The molecule has 282 valence electrons. The Kier molecular flexibility index (Phi) is 7.59. The Morgan fingerprint density at radius 3 is 1.11 bits per heavy atom. The highest BCUT2D eigenvalue weighted by Crippen LogP contribution is 2.44. The molecule has 0 aliphatic rings. The first-order valence-electron chi connectivity index (χ1n) is 20.2. The third-order valence-corrected chi connectivity index (χ3v) is 12.1. The summed E-state index contributed by atoms with van der Waals surface area (Å²) in [5, 5.41) is 30.7. The van der Waals surface area contributed by atoms with Gasteiger partial charge in [0.1, 0.15) is 23.3 Å². The van der Waals surface area contributed by atoms with Crippen molar-refractivity contribution >= 4 is 93.3 Å². The van der Waals surface area contributed by atoms with Crippen LogP contribution < -0.4 is 4.90 Å². The molecule has 12 rings (SSSR count). The first-order valence-corrected chi connectivity index (χ1v) is 20.2. The highest BCUT2D eigenvalue weighted by molar-refractivity contribution is 6.26. The molecule has 0 spiro atoms. The number of hydrogen-bond acceptors (Lipinski definition) is 5. The zero-order valence-electron chi connectivity index (χ0n) is 32.6. The summed E-state index contributed by atoms with van der Waals surface area (Å²) in [4.78, 5) is 2.30. The molecule has 5 heteroatoms. The number of hydrogen-bond donors (Lipinski definition) is 0. The Hall–Kier alpha value is -8.64. The molecule has 0 fully saturated rings. The lowest BCUT2D eigenvalue weighted by Gasteiger charge is -2.26. The van der Waals surface area contributed by atoms with Crippen LogP contribution >= 0.6 is 0 Å². The van der Waals surface area contributed by atoms with Gasteiger partial charge in [-0.05, 0) is 92.0 Å². The van der Waals surface area contributed by atoms with Crippen molar-refractivity contribution in [2.45, 2.75) is 0 Å². The van der Waals surface area contributed by atoms with Gasteiger partial charge in [-0.15, -0.1) is 0 Å². The molecule has 0 N–H and O–H groups in total. The maximum atomic E-state index is 9.81. The summed E-state index contributed by atoms with van der Waals surface area (Å²) in [6, 6.07) is 69.7. The van der Waals surface area contributed by atoms with E-state index in [4.69, 9.17) is 8.83 Å². The van der Waals surface area contributed by atoms with Crippen LogP contribution in [0.5, 0.6) is 0 Å². The van der Waals surface area contributed by atoms with Crippen molar-refractivity contribution < 1.29 is 8.83 Å². The monoisotopic (exact) mass is 777 g/mol. The van der Waals surface area contributed by atoms with E-state index in [2.05, 4.69) is 157 Å². The second-order valence-electron chi connectivity index (χ2n) is 15.4. The van der Waals surface area contributed by atoms with Crippen LogP contribution in [0.4, 0.5) is 17.1 Å². The van der Waals surface area contributed by atoms with Gasteiger partial charge in [0.2, 0.25) is 0 Å². The summed E-state index contributed by atoms with van der Waals surface area (Å²) in [6.07, 6.45) is 0. The lowest BCUT2D eigenvalue weighted by molar-refractivity contribution is 0.668. The summed E-state index contributed by atoms with van der Waals surface area (Å²) in [7, 11) is 0. The van der Waals surface area contributed by atoms with E-state index in [-0.39, 0.29) is 0 Å². The molecule has 0 radical (unpaired) electrons. The summed E-state index contributed by atoms with van der Waals surface area (Å²) in [5.41, 5.74) is 10.8. The number of fused-ring (bicyclic) bond motifs is 12. The lowest BCUT2D eigenvalue weighted by atomic mass is 9.94. The molecular weight excluding hydrogens is 747 g/mol. The minimum atomic E-state index is 0.523. The Bertz CT molecular complexity index is 3630. The minimum absolute atomic E-state index is 0.523. The fourth-order valence-electron chi connectivity index (χ4n) is 9.33. The van der Waals surface area contributed by atoms with Gasteiger partial charge in [-0.25, -0.2) is 0 Å². The van der Waals surface area contributed by atoms with Crippen LogP contribution in [0.25, 0.3) is 98.4 Å². The van der Waals surface area contributed by atoms with Gasteiger partial charge in [-0.2, -0.15) is 10.5 Å². The number of anilines is 3. The van der Waals surface area contributed by atoms with Gasteiger partial charge in [-0.3, -0.25) is 0 Å². The molecule has 61 heavy (non-hydrogen) atoms. The van der Waals surface area contributed by atoms with Crippen LogP contribution in [0.1, 0.15) is 11.1 Å². The summed E-state index contributed by atoms with van der Waals surface area (Å²) < 4.78 is 12.9. The summed E-state index contributed by atoms with van der Waals surface area (Å²) in [6.45, 7) is 0. The second kappa shape index (κ2) is 13.5. The van der Waals surface area contributed by atoms with Crippen LogP contribution in [0, 0.1) is 22.7 Å². The predicted octanol–water partition coefficient (Wildman–Crippen LogP) is 15.5. The molecule has 0 saturated heterocycles. The maximum absolute atomic E-state index is 9.81.